The molecular formula is C25H22N4O4. The number of hydrogen-bond donors (Lipinski definition) is 0. The number of carbonyl (C=O) groups is 1. The van der Waals surface area contributed by atoms with E-state index in [2.05, 4.69) is 4.98 Å². The molecule has 1 amide bonds. The number of ether oxygens (including phenoxy) is 1. The maximum absolute atomic E-state index is 13.6. The molecule has 3 heterocycles. The molecule has 8 heteroatoms. The quantitative estimate of drug-likeness (QED) is 0.485. The predicted octanol–water partition coefficient (Wildman–Crippen LogP) is 2.54. The Morgan fingerprint density at radius 2 is 1.76 bits per heavy atom. The summed E-state index contributed by atoms with van der Waals surface area (Å²) in [4.78, 5) is 46.1. The van der Waals surface area contributed by atoms with Crippen LogP contribution in [0.2, 0.25) is 0 Å². The molecule has 4 aromatic rings. The van der Waals surface area contributed by atoms with Gasteiger partial charge in [-0.3, -0.25) is 9.59 Å². The van der Waals surface area contributed by atoms with Crippen molar-refractivity contribution in [2.24, 2.45) is 0 Å². The molecule has 166 valence electrons. The highest BCUT2D eigenvalue weighted by Gasteiger charge is 2.25. The molecule has 0 N–H and O–H groups in total. The van der Waals surface area contributed by atoms with Gasteiger partial charge in [0.15, 0.2) is 5.65 Å². The molecule has 1 aliphatic heterocycles. The van der Waals surface area contributed by atoms with Crippen molar-refractivity contribution in [2.75, 3.05) is 18.6 Å². The number of rotatable bonds is 4. The molecule has 0 bridgehead atoms. The van der Waals surface area contributed by atoms with Crippen LogP contribution in [0.15, 0.2) is 76.4 Å². The van der Waals surface area contributed by atoms with Gasteiger partial charge in [-0.1, -0.05) is 30.3 Å². The molecular weight excluding hydrogens is 420 g/mol. The number of fused-ring (bicyclic) bond motifs is 2. The summed E-state index contributed by atoms with van der Waals surface area (Å²) >= 11 is 0. The molecule has 33 heavy (non-hydrogen) atoms. The summed E-state index contributed by atoms with van der Waals surface area (Å²) in [6, 6.07) is 18.0. The average Bonchev–Trinajstić information content (AvgIpc) is 2.86. The van der Waals surface area contributed by atoms with E-state index in [1.165, 1.54) is 17.9 Å². The Bertz CT molecular complexity index is 1490. The lowest BCUT2D eigenvalue weighted by Crippen LogP contribution is -2.46. The molecule has 2 aromatic carbocycles. The van der Waals surface area contributed by atoms with Gasteiger partial charge in [0.25, 0.3) is 5.56 Å². The molecule has 0 saturated carbocycles. The minimum atomic E-state index is -0.644. The lowest BCUT2D eigenvalue weighted by Gasteiger charge is -2.29. The van der Waals surface area contributed by atoms with E-state index in [1.807, 2.05) is 24.3 Å². The van der Waals surface area contributed by atoms with Gasteiger partial charge in [0.1, 0.15) is 12.3 Å². The van der Waals surface area contributed by atoms with Gasteiger partial charge in [0, 0.05) is 18.4 Å². The van der Waals surface area contributed by atoms with Crippen LogP contribution in [-0.4, -0.2) is 33.7 Å². The van der Waals surface area contributed by atoms with Crippen LogP contribution in [0.5, 0.6) is 5.75 Å². The highest BCUT2D eigenvalue weighted by atomic mass is 16.5. The van der Waals surface area contributed by atoms with E-state index in [9.17, 15) is 14.4 Å². The van der Waals surface area contributed by atoms with Crippen LogP contribution in [0.25, 0.3) is 16.7 Å². The largest absolute Gasteiger partial charge is 0.495 e. The maximum atomic E-state index is 13.6. The van der Waals surface area contributed by atoms with Gasteiger partial charge in [0.05, 0.1) is 18.2 Å². The normalized spacial score (nSPS) is 13.1. The molecule has 2 aromatic heterocycles. The first-order valence-electron chi connectivity index (χ1n) is 10.7. The average molecular weight is 442 g/mol. The van der Waals surface area contributed by atoms with Gasteiger partial charge in [-0.15, -0.1) is 0 Å². The number of pyridine rings is 1. The predicted molar refractivity (Wildman–Crippen MR) is 125 cm³/mol. The summed E-state index contributed by atoms with van der Waals surface area (Å²) in [6.07, 6.45) is 3.24. The van der Waals surface area contributed by atoms with Gasteiger partial charge < -0.3 is 9.64 Å². The van der Waals surface area contributed by atoms with Crippen molar-refractivity contribution >= 4 is 22.6 Å². The number of aryl methyl sites for hydroxylation is 1. The second kappa shape index (κ2) is 8.38. The van der Waals surface area contributed by atoms with Crippen LogP contribution < -0.4 is 20.9 Å². The van der Waals surface area contributed by atoms with Gasteiger partial charge >= 0.3 is 5.69 Å². The van der Waals surface area contributed by atoms with Crippen LogP contribution in [0, 0.1) is 0 Å². The third kappa shape index (κ3) is 3.49. The number of methoxy groups -OCH3 is 1. The van der Waals surface area contributed by atoms with Crippen LogP contribution in [-0.2, 0) is 17.8 Å². The summed E-state index contributed by atoms with van der Waals surface area (Å²) in [7, 11) is 1.51. The number of anilines is 1. The maximum Gasteiger partial charge on any atom is 0.337 e. The third-order valence-corrected chi connectivity index (χ3v) is 5.93. The number of aromatic nitrogens is 3. The summed E-state index contributed by atoms with van der Waals surface area (Å²) in [5.41, 5.74) is 1.37. The summed E-state index contributed by atoms with van der Waals surface area (Å²) < 4.78 is 7.75. The van der Waals surface area contributed by atoms with Crippen molar-refractivity contribution in [3.8, 4) is 11.4 Å². The van der Waals surface area contributed by atoms with Crippen LogP contribution in [0.4, 0.5) is 5.69 Å². The topological polar surface area (TPSA) is 86.4 Å². The Morgan fingerprint density at radius 3 is 2.58 bits per heavy atom. The van der Waals surface area contributed by atoms with Gasteiger partial charge in [0.2, 0.25) is 5.91 Å². The highest BCUT2D eigenvalue weighted by Crippen LogP contribution is 2.27. The summed E-state index contributed by atoms with van der Waals surface area (Å²) in [5, 5.41) is 0.245. The van der Waals surface area contributed by atoms with Crippen molar-refractivity contribution in [3.63, 3.8) is 0 Å². The first kappa shape index (κ1) is 20.7. The highest BCUT2D eigenvalue weighted by molar-refractivity contribution is 5.94. The van der Waals surface area contributed by atoms with E-state index in [-0.39, 0.29) is 23.5 Å². The number of benzene rings is 2. The minimum Gasteiger partial charge on any atom is -0.495 e. The zero-order chi connectivity index (χ0) is 22.9. The van der Waals surface area contributed by atoms with Crippen LogP contribution in [0.1, 0.15) is 12.0 Å². The molecule has 0 unspecified atom stereocenters. The molecule has 0 atom stereocenters. The Balaban J connectivity index is 1.67. The number of hydrogen-bond acceptors (Lipinski definition) is 5. The minimum absolute atomic E-state index is 0.212. The molecule has 0 aliphatic carbocycles. The van der Waals surface area contributed by atoms with Crippen molar-refractivity contribution in [1.82, 2.24) is 14.1 Å². The van der Waals surface area contributed by atoms with E-state index >= 15 is 0 Å². The van der Waals surface area contributed by atoms with Gasteiger partial charge in [-0.2, -0.15) is 0 Å². The van der Waals surface area contributed by atoms with E-state index in [4.69, 9.17) is 4.74 Å². The fourth-order valence-corrected chi connectivity index (χ4v) is 4.37. The van der Waals surface area contributed by atoms with Crippen molar-refractivity contribution in [3.05, 3.63) is 93.3 Å². The van der Waals surface area contributed by atoms with Crippen LogP contribution >= 0.6 is 0 Å². The van der Waals surface area contributed by atoms with E-state index in [0.717, 1.165) is 28.7 Å². The second-order valence-electron chi connectivity index (χ2n) is 7.83. The monoisotopic (exact) mass is 442 g/mol. The fourth-order valence-electron chi connectivity index (χ4n) is 4.37. The second-order valence-corrected chi connectivity index (χ2v) is 7.83. The lowest BCUT2D eigenvalue weighted by atomic mass is 10.0. The van der Waals surface area contributed by atoms with Gasteiger partial charge in [-0.25, -0.2) is 18.9 Å². The number of amides is 1. The van der Waals surface area contributed by atoms with E-state index < -0.39 is 11.2 Å². The molecule has 0 saturated heterocycles. The standard InChI is InChI=1S/C25H22N4O4/c1-33-21-13-5-4-12-20(21)29-23-18(10-6-14-26-23)24(31)28(25(29)32)16-22(30)27-15-7-9-17-8-2-3-11-19(17)27/h2-6,8,10-14H,7,9,15-16H2,1H3. The smallest absolute Gasteiger partial charge is 0.337 e. The van der Waals surface area contributed by atoms with E-state index in [1.54, 1.807) is 41.3 Å². The SMILES string of the molecule is COc1ccccc1-n1c(=O)n(CC(=O)N2CCCc3ccccc32)c(=O)c2cccnc21. The first-order valence-corrected chi connectivity index (χ1v) is 10.7. The first-order chi connectivity index (χ1) is 16.1. The lowest BCUT2D eigenvalue weighted by molar-refractivity contribution is -0.119. The van der Waals surface area contributed by atoms with Crippen molar-refractivity contribution < 1.29 is 9.53 Å². The molecule has 0 radical (unpaired) electrons. The zero-order valence-corrected chi connectivity index (χ0v) is 18.1. The van der Waals surface area contributed by atoms with Crippen molar-refractivity contribution in [2.45, 2.75) is 19.4 Å². The Morgan fingerprint density at radius 1 is 1.00 bits per heavy atom. The molecule has 0 spiro atoms. The third-order valence-electron chi connectivity index (χ3n) is 5.93. The summed E-state index contributed by atoms with van der Waals surface area (Å²) in [5.74, 6) is 0.143. The molecule has 0 fully saturated rings. The fraction of sp³-hybridized carbons (Fsp3) is 0.200. The summed E-state index contributed by atoms with van der Waals surface area (Å²) in [6.45, 7) is 0.173. The number of nitrogens with zero attached hydrogens (tertiary/aromatic N) is 4. The van der Waals surface area contributed by atoms with Gasteiger partial charge in [-0.05, 0) is 48.7 Å². The Hall–Kier alpha value is -4.20. The molecule has 5 rings (SSSR count). The Kier molecular flexibility index (Phi) is 5.26. The van der Waals surface area contributed by atoms with Crippen LogP contribution in [0.3, 0.4) is 0 Å². The number of para-hydroxylation sites is 3. The zero-order valence-electron chi connectivity index (χ0n) is 18.1. The van der Waals surface area contributed by atoms with Crippen molar-refractivity contribution in [1.29, 1.82) is 0 Å². The Labute approximate surface area is 189 Å². The molecule has 1 aliphatic rings. The van der Waals surface area contributed by atoms with E-state index in [0.29, 0.717) is 18.0 Å². The molecule has 8 nitrogen and oxygen atoms in total. The number of carbonyl (C=O) groups excluding carboxylic acids is 1.